The van der Waals surface area contributed by atoms with E-state index in [4.69, 9.17) is 10.5 Å². The lowest BCUT2D eigenvalue weighted by molar-refractivity contribution is -0.123. The van der Waals surface area contributed by atoms with Crippen LogP contribution in [-0.4, -0.2) is 19.1 Å². The molecule has 4 heteroatoms. The summed E-state index contributed by atoms with van der Waals surface area (Å²) in [6.45, 7) is 3.82. The molecule has 0 aliphatic heterocycles. The molecule has 0 saturated carbocycles. The maximum atomic E-state index is 11.6. The molecule has 0 aliphatic rings. The second-order valence-corrected chi connectivity index (χ2v) is 4.02. The van der Waals surface area contributed by atoms with Gasteiger partial charge in [0.1, 0.15) is 5.75 Å². The van der Waals surface area contributed by atoms with E-state index in [9.17, 15) is 4.79 Å². The molecule has 0 bridgehead atoms. The number of rotatable bonds is 5. The van der Waals surface area contributed by atoms with Crippen molar-refractivity contribution in [3.05, 3.63) is 29.8 Å². The fourth-order valence-electron chi connectivity index (χ4n) is 1.48. The van der Waals surface area contributed by atoms with E-state index in [0.29, 0.717) is 6.42 Å². The van der Waals surface area contributed by atoms with Crippen molar-refractivity contribution in [2.24, 2.45) is 5.73 Å². The molecule has 1 amide bonds. The smallest absolute Gasteiger partial charge is 0.237 e. The number of methoxy groups -OCH3 is 1. The SMILES string of the molecule is CC[C@@H](N)C(=O)N[C@@H](C)c1ccc(OC)cc1. The van der Waals surface area contributed by atoms with Crippen LogP contribution < -0.4 is 15.8 Å². The van der Waals surface area contributed by atoms with Gasteiger partial charge in [0, 0.05) is 0 Å². The summed E-state index contributed by atoms with van der Waals surface area (Å²) in [7, 11) is 1.63. The molecule has 0 radical (unpaired) electrons. The van der Waals surface area contributed by atoms with Crippen LogP contribution in [0.15, 0.2) is 24.3 Å². The van der Waals surface area contributed by atoms with E-state index in [1.807, 2.05) is 38.1 Å². The van der Waals surface area contributed by atoms with Gasteiger partial charge in [0.25, 0.3) is 0 Å². The first-order valence-corrected chi connectivity index (χ1v) is 5.78. The van der Waals surface area contributed by atoms with E-state index < -0.39 is 6.04 Å². The van der Waals surface area contributed by atoms with E-state index in [0.717, 1.165) is 11.3 Å². The third-order valence-electron chi connectivity index (χ3n) is 2.75. The summed E-state index contributed by atoms with van der Waals surface area (Å²) in [6.07, 6.45) is 0.640. The van der Waals surface area contributed by atoms with Crippen molar-refractivity contribution >= 4 is 5.91 Å². The van der Waals surface area contributed by atoms with Gasteiger partial charge in [0.05, 0.1) is 19.2 Å². The van der Waals surface area contributed by atoms with E-state index in [1.54, 1.807) is 7.11 Å². The van der Waals surface area contributed by atoms with Gasteiger partial charge in [0.15, 0.2) is 0 Å². The van der Waals surface area contributed by atoms with Gasteiger partial charge in [-0.05, 0) is 31.0 Å². The Morgan fingerprint density at radius 3 is 2.47 bits per heavy atom. The lowest BCUT2D eigenvalue weighted by Gasteiger charge is -2.17. The highest BCUT2D eigenvalue weighted by Gasteiger charge is 2.14. The van der Waals surface area contributed by atoms with Crippen LogP contribution in [0, 0.1) is 0 Å². The van der Waals surface area contributed by atoms with E-state index in [-0.39, 0.29) is 11.9 Å². The van der Waals surface area contributed by atoms with Crippen molar-refractivity contribution in [2.45, 2.75) is 32.4 Å². The molecule has 0 aromatic heterocycles. The molecule has 0 fully saturated rings. The first kappa shape index (κ1) is 13.5. The van der Waals surface area contributed by atoms with E-state index in [2.05, 4.69) is 5.32 Å². The Kier molecular flexibility index (Phi) is 4.97. The minimum absolute atomic E-state index is 0.0500. The average Bonchev–Trinajstić information content (AvgIpc) is 2.37. The number of nitrogens with two attached hydrogens (primary N) is 1. The Labute approximate surface area is 102 Å². The van der Waals surface area contributed by atoms with Crippen molar-refractivity contribution in [1.82, 2.24) is 5.32 Å². The number of hydrogen-bond acceptors (Lipinski definition) is 3. The molecule has 0 aliphatic carbocycles. The van der Waals surface area contributed by atoms with Gasteiger partial charge in [-0.2, -0.15) is 0 Å². The van der Waals surface area contributed by atoms with Gasteiger partial charge in [-0.15, -0.1) is 0 Å². The lowest BCUT2D eigenvalue weighted by atomic mass is 10.1. The van der Waals surface area contributed by atoms with Gasteiger partial charge in [-0.1, -0.05) is 19.1 Å². The van der Waals surface area contributed by atoms with Gasteiger partial charge in [-0.3, -0.25) is 4.79 Å². The molecular weight excluding hydrogens is 216 g/mol. The van der Waals surface area contributed by atoms with Gasteiger partial charge < -0.3 is 15.8 Å². The summed E-state index contributed by atoms with van der Waals surface area (Å²) in [4.78, 5) is 11.6. The highest BCUT2D eigenvalue weighted by Crippen LogP contribution is 2.17. The lowest BCUT2D eigenvalue weighted by Crippen LogP contribution is -2.41. The standard InChI is InChI=1S/C13H20N2O2/c1-4-12(14)13(16)15-9(2)10-5-7-11(17-3)8-6-10/h5-9,12H,4,14H2,1-3H3,(H,15,16)/t9-,12+/m0/s1. The summed E-state index contributed by atoms with van der Waals surface area (Å²) in [6, 6.07) is 7.12. The normalized spacial score (nSPS) is 13.9. The summed E-state index contributed by atoms with van der Waals surface area (Å²) in [5.74, 6) is 0.688. The minimum atomic E-state index is -0.435. The molecule has 3 N–H and O–H groups in total. The molecule has 2 atom stereocenters. The number of nitrogens with one attached hydrogen (secondary N) is 1. The highest BCUT2D eigenvalue weighted by atomic mass is 16.5. The molecule has 94 valence electrons. The minimum Gasteiger partial charge on any atom is -0.497 e. The van der Waals surface area contributed by atoms with Crippen molar-refractivity contribution in [3.8, 4) is 5.75 Å². The molecule has 0 unspecified atom stereocenters. The fourth-order valence-corrected chi connectivity index (χ4v) is 1.48. The van der Waals surface area contributed by atoms with Crippen LogP contribution in [0.3, 0.4) is 0 Å². The number of carbonyl (C=O) groups excluding carboxylic acids is 1. The van der Waals surface area contributed by atoms with Crippen LogP contribution in [-0.2, 0) is 4.79 Å². The highest BCUT2D eigenvalue weighted by molar-refractivity contribution is 5.81. The molecule has 1 aromatic rings. The van der Waals surface area contributed by atoms with E-state index >= 15 is 0 Å². The summed E-state index contributed by atoms with van der Waals surface area (Å²) < 4.78 is 5.08. The largest absolute Gasteiger partial charge is 0.497 e. The molecule has 0 spiro atoms. The summed E-state index contributed by atoms with van der Waals surface area (Å²) in [5.41, 5.74) is 6.69. The van der Waals surface area contributed by atoms with Crippen LogP contribution in [0.25, 0.3) is 0 Å². The van der Waals surface area contributed by atoms with Crippen LogP contribution in [0.5, 0.6) is 5.75 Å². The third-order valence-corrected chi connectivity index (χ3v) is 2.75. The zero-order valence-electron chi connectivity index (χ0n) is 10.6. The molecule has 0 saturated heterocycles. The topological polar surface area (TPSA) is 64.4 Å². The van der Waals surface area contributed by atoms with Crippen LogP contribution >= 0.6 is 0 Å². The van der Waals surface area contributed by atoms with E-state index in [1.165, 1.54) is 0 Å². The number of carbonyl (C=O) groups is 1. The molecule has 17 heavy (non-hydrogen) atoms. The summed E-state index contributed by atoms with van der Waals surface area (Å²) >= 11 is 0. The Hall–Kier alpha value is -1.55. The zero-order valence-corrected chi connectivity index (χ0v) is 10.6. The Morgan fingerprint density at radius 1 is 1.41 bits per heavy atom. The molecule has 1 aromatic carbocycles. The van der Waals surface area contributed by atoms with Gasteiger partial charge in [0.2, 0.25) is 5.91 Å². The third kappa shape index (κ3) is 3.75. The zero-order chi connectivity index (χ0) is 12.8. The predicted octanol–water partition coefficient (Wildman–Crippen LogP) is 1.61. The summed E-state index contributed by atoms with van der Waals surface area (Å²) in [5, 5.41) is 2.88. The predicted molar refractivity (Wildman–Crippen MR) is 67.8 cm³/mol. The Morgan fingerprint density at radius 2 is 2.00 bits per heavy atom. The van der Waals surface area contributed by atoms with Crippen molar-refractivity contribution in [1.29, 1.82) is 0 Å². The number of benzene rings is 1. The second-order valence-electron chi connectivity index (χ2n) is 4.02. The van der Waals surface area contributed by atoms with Crippen LogP contribution in [0.2, 0.25) is 0 Å². The average molecular weight is 236 g/mol. The van der Waals surface area contributed by atoms with Crippen LogP contribution in [0.1, 0.15) is 31.9 Å². The number of amides is 1. The number of hydrogen-bond donors (Lipinski definition) is 2. The maximum Gasteiger partial charge on any atom is 0.237 e. The first-order valence-electron chi connectivity index (χ1n) is 5.78. The Bertz CT molecular complexity index is 362. The second kappa shape index (κ2) is 6.25. The van der Waals surface area contributed by atoms with Gasteiger partial charge >= 0.3 is 0 Å². The molecule has 0 heterocycles. The van der Waals surface area contributed by atoms with Crippen molar-refractivity contribution < 1.29 is 9.53 Å². The van der Waals surface area contributed by atoms with Crippen molar-refractivity contribution in [2.75, 3.05) is 7.11 Å². The number of ether oxygens (including phenoxy) is 1. The molecule has 1 rings (SSSR count). The maximum absolute atomic E-state index is 11.6. The molecule has 4 nitrogen and oxygen atoms in total. The Balaban J connectivity index is 2.63. The monoisotopic (exact) mass is 236 g/mol. The van der Waals surface area contributed by atoms with Gasteiger partial charge in [-0.25, -0.2) is 0 Å². The molecular formula is C13H20N2O2. The van der Waals surface area contributed by atoms with Crippen molar-refractivity contribution in [3.63, 3.8) is 0 Å². The van der Waals surface area contributed by atoms with Crippen LogP contribution in [0.4, 0.5) is 0 Å². The quantitative estimate of drug-likeness (QED) is 0.816. The fraction of sp³-hybridized carbons (Fsp3) is 0.462. The first-order chi connectivity index (χ1) is 8.08.